The first-order valence-electron chi connectivity index (χ1n) is 7.62. The molecule has 0 spiro atoms. The van der Waals surface area contributed by atoms with Crippen molar-refractivity contribution in [3.63, 3.8) is 0 Å². The molecule has 1 fully saturated rings. The standard InChI is InChI=1S/C17H23N3O/c1-17(2,3)16-20-14(11-21-16)10-19-15(12-4-5-12)13-6-8-18-9-7-13/h6-9,11-12,15,19H,4-5,10H2,1-3H3. The fourth-order valence-corrected chi connectivity index (χ4v) is 2.50. The Morgan fingerprint density at radius 2 is 2.00 bits per heavy atom. The Morgan fingerprint density at radius 1 is 1.29 bits per heavy atom. The van der Waals surface area contributed by atoms with Crippen molar-refractivity contribution in [2.24, 2.45) is 5.92 Å². The van der Waals surface area contributed by atoms with E-state index < -0.39 is 0 Å². The summed E-state index contributed by atoms with van der Waals surface area (Å²) in [6, 6.07) is 4.58. The van der Waals surface area contributed by atoms with Crippen molar-refractivity contribution >= 4 is 0 Å². The van der Waals surface area contributed by atoms with Crippen molar-refractivity contribution in [2.45, 2.75) is 51.6 Å². The van der Waals surface area contributed by atoms with E-state index in [0.29, 0.717) is 6.04 Å². The van der Waals surface area contributed by atoms with Crippen LogP contribution in [0.25, 0.3) is 0 Å². The molecule has 1 aliphatic rings. The molecule has 0 aliphatic heterocycles. The van der Waals surface area contributed by atoms with Crippen LogP contribution in [0, 0.1) is 5.92 Å². The van der Waals surface area contributed by atoms with E-state index in [1.54, 1.807) is 6.26 Å². The third kappa shape index (κ3) is 3.50. The van der Waals surface area contributed by atoms with Gasteiger partial charge >= 0.3 is 0 Å². The topological polar surface area (TPSA) is 51.0 Å². The molecule has 0 saturated heterocycles. The molecule has 4 heteroatoms. The van der Waals surface area contributed by atoms with Gasteiger partial charge in [0, 0.05) is 30.4 Å². The van der Waals surface area contributed by atoms with E-state index in [0.717, 1.165) is 24.0 Å². The number of nitrogens with zero attached hydrogens (tertiary/aromatic N) is 2. The van der Waals surface area contributed by atoms with Gasteiger partial charge in [0.15, 0.2) is 5.89 Å². The second-order valence-corrected chi connectivity index (χ2v) is 6.87. The molecule has 2 aromatic rings. The molecule has 2 aromatic heterocycles. The normalized spacial score (nSPS) is 16.9. The van der Waals surface area contributed by atoms with Crippen LogP contribution in [0.1, 0.15) is 56.8 Å². The highest BCUT2D eigenvalue weighted by atomic mass is 16.3. The minimum Gasteiger partial charge on any atom is -0.448 e. The third-order valence-corrected chi connectivity index (χ3v) is 3.86. The first-order chi connectivity index (χ1) is 10.0. The van der Waals surface area contributed by atoms with Crippen LogP contribution in [0.2, 0.25) is 0 Å². The molecule has 1 N–H and O–H groups in total. The Labute approximate surface area is 126 Å². The fraction of sp³-hybridized carbons (Fsp3) is 0.529. The minimum absolute atomic E-state index is 0.0424. The van der Waals surface area contributed by atoms with Gasteiger partial charge in [-0.3, -0.25) is 4.98 Å². The van der Waals surface area contributed by atoms with Crippen molar-refractivity contribution < 1.29 is 4.42 Å². The summed E-state index contributed by atoms with van der Waals surface area (Å²) in [4.78, 5) is 8.69. The maximum atomic E-state index is 5.58. The SMILES string of the molecule is CC(C)(C)c1nc(CNC(c2ccncc2)C2CC2)co1. The van der Waals surface area contributed by atoms with Gasteiger partial charge in [-0.1, -0.05) is 20.8 Å². The van der Waals surface area contributed by atoms with E-state index in [1.165, 1.54) is 18.4 Å². The number of pyridine rings is 1. The number of oxazole rings is 1. The molecule has 0 radical (unpaired) electrons. The average Bonchev–Trinajstić information content (AvgIpc) is 3.16. The first kappa shape index (κ1) is 14.3. The Balaban J connectivity index is 1.66. The van der Waals surface area contributed by atoms with Gasteiger partial charge in [-0.2, -0.15) is 0 Å². The van der Waals surface area contributed by atoms with Gasteiger partial charge in [-0.05, 0) is 36.5 Å². The lowest BCUT2D eigenvalue weighted by Gasteiger charge is -2.17. The van der Waals surface area contributed by atoms with Gasteiger partial charge in [0.2, 0.25) is 0 Å². The molecule has 0 amide bonds. The molecule has 0 bridgehead atoms. The summed E-state index contributed by atoms with van der Waals surface area (Å²) in [7, 11) is 0. The highest BCUT2D eigenvalue weighted by Gasteiger charge is 2.32. The summed E-state index contributed by atoms with van der Waals surface area (Å²) in [6.07, 6.45) is 8.09. The lowest BCUT2D eigenvalue weighted by atomic mass is 9.97. The fourth-order valence-electron chi connectivity index (χ4n) is 2.50. The van der Waals surface area contributed by atoms with Crippen LogP contribution >= 0.6 is 0 Å². The van der Waals surface area contributed by atoms with E-state index in [9.17, 15) is 0 Å². The predicted octanol–water partition coefficient (Wildman–Crippen LogP) is 3.61. The zero-order chi connectivity index (χ0) is 14.9. The van der Waals surface area contributed by atoms with Crippen LogP contribution in [0.4, 0.5) is 0 Å². The van der Waals surface area contributed by atoms with Crippen molar-refractivity contribution in [1.82, 2.24) is 15.3 Å². The summed E-state index contributed by atoms with van der Waals surface area (Å²) >= 11 is 0. The lowest BCUT2D eigenvalue weighted by molar-refractivity contribution is 0.392. The molecule has 21 heavy (non-hydrogen) atoms. The molecule has 0 aromatic carbocycles. The highest BCUT2D eigenvalue weighted by molar-refractivity contribution is 5.18. The van der Waals surface area contributed by atoms with Gasteiger partial charge < -0.3 is 9.73 Å². The van der Waals surface area contributed by atoms with Gasteiger partial charge in [0.25, 0.3) is 0 Å². The van der Waals surface area contributed by atoms with Crippen LogP contribution in [-0.2, 0) is 12.0 Å². The van der Waals surface area contributed by atoms with Crippen LogP contribution in [0.3, 0.4) is 0 Å². The molecular weight excluding hydrogens is 262 g/mol. The maximum Gasteiger partial charge on any atom is 0.199 e. The number of hydrogen-bond acceptors (Lipinski definition) is 4. The Bertz CT molecular complexity index is 582. The third-order valence-electron chi connectivity index (χ3n) is 3.86. The van der Waals surface area contributed by atoms with Crippen LogP contribution in [0.15, 0.2) is 35.2 Å². The second kappa shape index (κ2) is 5.60. The van der Waals surface area contributed by atoms with E-state index in [-0.39, 0.29) is 5.41 Å². The predicted molar refractivity (Wildman–Crippen MR) is 81.7 cm³/mol. The van der Waals surface area contributed by atoms with E-state index in [2.05, 4.69) is 48.2 Å². The maximum absolute atomic E-state index is 5.58. The lowest BCUT2D eigenvalue weighted by Crippen LogP contribution is -2.23. The van der Waals surface area contributed by atoms with Crippen molar-refractivity contribution in [2.75, 3.05) is 0 Å². The van der Waals surface area contributed by atoms with Gasteiger partial charge in [0.1, 0.15) is 6.26 Å². The van der Waals surface area contributed by atoms with Crippen LogP contribution in [0.5, 0.6) is 0 Å². The molecular formula is C17H23N3O. The van der Waals surface area contributed by atoms with E-state index in [4.69, 9.17) is 4.42 Å². The van der Waals surface area contributed by atoms with Gasteiger partial charge in [0.05, 0.1) is 5.69 Å². The largest absolute Gasteiger partial charge is 0.448 e. The van der Waals surface area contributed by atoms with Crippen molar-refractivity contribution in [3.8, 4) is 0 Å². The molecule has 1 saturated carbocycles. The zero-order valence-corrected chi connectivity index (χ0v) is 13.0. The summed E-state index contributed by atoms with van der Waals surface area (Å²) in [5, 5.41) is 3.63. The minimum atomic E-state index is -0.0424. The van der Waals surface area contributed by atoms with Crippen molar-refractivity contribution in [1.29, 1.82) is 0 Å². The number of nitrogens with one attached hydrogen (secondary N) is 1. The quantitative estimate of drug-likeness (QED) is 0.911. The number of aromatic nitrogens is 2. The summed E-state index contributed by atoms with van der Waals surface area (Å²) in [6.45, 7) is 7.07. The molecule has 1 aliphatic carbocycles. The van der Waals surface area contributed by atoms with Crippen LogP contribution in [-0.4, -0.2) is 9.97 Å². The smallest absolute Gasteiger partial charge is 0.199 e. The summed E-state index contributed by atoms with van der Waals surface area (Å²) in [5.74, 6) is 1.53. The summed E-state index contributed by atoms with van der Waals surface area (Å²) < 4.78 is 5.58. The van der Waals surface area contributed by atoms with Crippen LogP contribution < -0.4 is 5.32 Å². The molecule has 1 atom stereocenters. The van der Waals surface area contributed by atoms with Gasteiger partial charge in [-0.25, -0.2) is 4.98 Å². The number of hydrogen-bond donors (Lipinski definition) is 1. The summed E-state index contributed by atoms with van der Waals surface area (Å²) in [5.41, 5.74) is 2.24. The molecule has 2 heterocycles. The molecule has 112 valence electrons. The first-order valence-corrected chi connectivity index (χ1v) is 7.62. The number of rotatable bonds is 5. The van der Waals surface area contributed by atoms with E-state index in [1.807, 2.05) is 12.4 Å². The molecule has 3 rings (SSSR count). The zero-order valence-electron chi connectivity index (χ0n) is 13.0. The molecule has 4 nitrogen and oxygen atoms in total. The van der Waals surface area contributed by atoms with Crippen molar-refractivity contribution in [3.05, 3.63) is 47.9 Å². The monoisotopic (exact) mass is 285 g/mol. The average molecular weight is 285 g/mol. The highest BCUT2D eigenvalue weighted by Crippen LogP contribution is 2.41. The second-order valence-electron chi connectivity index (χ2n) is 6.87. The Hall–Kier alpha value is -1.68. The molecule has 1 unspecified atom stereocenters. The van der Waals surface area contributed by atoms with E-state index >= 15 is 0 Å². The Morgan fingerprint density at radius 3 is 2.57 bits per heavy atom. The van der Waals surface area contributed by atoms with Gasteiger partial charge in [-0.15, -0.1) is 0 Å². The Kier molecular flexibility index (Phi) is 3.81.